The van der Waals surface area contributed by atoms with E-state index in [9.17, 15) is 4.79 Å². The van der Waals surface area contributed by atoms with Crippen molar-refractivity contribution in [2.45, 2.75) is 52.2 Å². The first kappa shape index (κ1) is 30.0. The quantitative estimate of drug-likeness (QED) is 0.302. The van der Waals surface area contributed by atoms with Crippen LogP contribution in [-0.2, 0) is 22.4 Å². The number of benzene rings is 2. The molecule has 36 heavy (non-hydrogen) atoms. The Balaban J connectivity index is 0.00000456. The second kappa shape index (κ2) is 12.9. The van der Waals surface area contributed by atoms with Crippen LogP contribution in [-0.4, -0.2) is 46.6 Å². The lowest BCUT2D eigenvalue weighted by Gasteiger charge is -2.37. The second-order valence-corrected chi connectivity index (χ2v) is 9.97. The number of carbonyl (C=O) groups is 1. The van der Waals surface area contributed by atoms with Crippen molar-refractivity contribution in [1.29, 1.82) is 0 Å². The molecule has 7 nitrogen and oxygen atoms in total. The zero-order valence-corrected chi connectivity index (χ0v) is 24.9. The molecule has 8 heteroatoms. The average Bonchev–Trinajstić information content (AvgIpc) is 2.84. The first-order chi connectivity index (χ1) is 16.6. The number of carbonyl (C=O) groups excluding carboxylic acids is 1. The molecule has 200 valence electrons. The van der Waals surface area contributed by atoms with Gasteiger partial charge in [-0.1, -0.05) is 13.0 Å². The summed E-state index contributed by atoms with van der Waals surface area (Å²) in [5.74, 6) is 2.07. The minimum absolute atomic E-state index is 0. The van der Waals surface area contributed by atoms with Crippen LogP contribution >= 0.6 is 24.0 Å². The number of rotatable bonds is 9. The van der Waals surface area contributed by atoms with Crippen molar-refractivity contribution in [3.63, 3.8) is 0 Å². The number of hydrogen-bond acceptors (Lipinski definition) is 7. The number of methoxy groups -OCH3 is 4. The summed E-state index contributed by atoms with van der Waals surface area (Å²) in [4.78, 5) is 13.3. The lowest BCUT2D eigenvalue weighted by molar-refractivity contribution is -0.161. The van der Waals surface area contributed by atoms with Gasteiger partial charge in [0.05, 0.1) is 34.4 Å². The smallest absolute Gasteiger partial charge is 0.309 e. The topological polar surface area (TPSA) is 75.3 Å². The molecule has 2 unspecified atom stereocenters. The first-order valence-corrected chi connectivity index (χ1v) is 12.0. The molecule has 0 fully saturated rings. The molecule has 1 N–H and O–H groups in total. The maximum absolute atomic E-state index is 13.3. The van der Waals surface area contributed by atoms with Gasteiger partial charge in [0.25, 0.3) is 0 Å². The van der Waals surface area contributed by atoms with Crippen LogP contribution in [0.3, 0.4) is 0 Å². The van der Waals surface area contributed by atoms with Crippen LogP contribution in [0.5, 0.6) is 23.0 Å². The molecule has 0 saturated carbocycles. The van der Waals surface area contributed by atoms with E-state index in [1.807, 2.05) is 58.0 Å². The number of fused-ring (bicyclic) bond motifs is 1. The van der Waals surface area contributed by atoms with Gasteiger partial charge in [-0.25, -0.2) is 0 Å². The summed E-state index contributed by atoms with van der Waals surface area (Å²) in [6.07, 6.45) is 1.52. The number of nitrogens with one attached hydrogen (secondary N) is 1. The number of halogens is 1. The number of ether oxygens (including phenoxy) is 5. The lowest BCUT2D eigenvalue weighted by atomic mass is 9.76. The SMILES string of the molecule is COc1ccc(CC(C(C)C(=O)OC(C)(C)C)[C@H]2NCCc3cc(OC)c(OC)cc32)cc1OC.I. The summed E-state index contributed by atoms with van der Waals surface area (Å²) >= 11 is 0. The van der Waals surface area contributed by atoms with Gasteiger partial charge < -0.3 is 29.0 Å². The van der Waals surface area contributed by atoms with E-state index >= 15 is 0 Å². The average molecular weight is 614 g/mol. The van der Waals surface area contributed by atoms with Crippen molar-refractivity contribution in [3.8, 4) is 23.0 Å². The van der Waals surface area contributed by atoms with Crippen LogP contribution < -0.4 is 24.3 Å². The van der Waals surface area contributed by atoms with E-state index in [1.54, 1.807) is 28.4 Å². The van der Waals surface area contributed by atoms with E-state index in [0.717, 1.165) is 24.1 Å². The Morgan fingerprint density at radius 3 is 2.11 bits per heavy atom. The second-order valence-electron chi connectivity index (χ2n) is 9.97. The van der Waals surface area contributed by atoms with Crippen LogP contribution in [0.4, 0.5) is 0 Å². The molecular weight excluding hydrogens is 573 g/mol. The zero-order valence-electron chi connectivity index (χ0n) is 22.6. The molecule has 0 radical (unpaired) electrons. The predicted molar refractivity (Wildman–Crippen MR) is 151 cm³/mol. The molecule has 3 rings (SSSR count). The van der Waals surface area contributed by atoms with Gasteiger partial charge in [-0.05, 0) is 87.0 Å². The molecule has 1 aliphatic rings. The van der Waals surface area contributed by atoms with Gasteiger partial charge in [0.2, 0.25) is 0 Å². The molecule has 0 amide bonds. The van der Waals surface area contributed by atoms with Crippen LogP contribution in [0, 0.1) is 11.8 Å². The third-order valence-corrected chi connectivity index (χ3v) is 6.51. The van der Waals surface area contributed by atoms with Gasteiger partial charge in [0.15, 0.2) is 23.0 Å². The van der Waals surface area contributed by atoms with Gasteiger partial charge in [0, 0.05) is 6.04 Å². The minimum atomic E-state index is -0.562. The third kappa shape index (κ3) is 6.97. The fourth-order valence-electron chi connectivity index (χ4n) is 4.73. The fraction of sp³-hybridized carbons (Fsp3) is 0.536. The first-order valence-electron chi connectivity index (χ1n) is 12.0. The normalized spacial score (nSPS) is 16.6. The Hall–Kier alpha value is -2.20. The molecule has 0 spiro atoms. The van der Waals surface area contributed by atoms with Gasteiger partial charge in [0.1, 0.15) is 5.60 Å². The number of esters is 1. The van der Waals surface area contributed by atoms with E-state index < -0.39 is 5.60 Å². The molecule has 1 aliphatic heterocycles. The highest BCUT2D eigenvalue weighted by Crippen LogP contribution is 2.41. The lowest BCUT2D eigenvalue weighted by Crippen LogP contribution is -2.41. The summed E-state index contributed by atoms with van der Waals surface area (Å²) in [5.41, 5.74) is 2.81. The Morgan fingerprint density at radius 1 is 0.944 bits per heavy atom. The standard InChI is InChI=1S/C28H39NO6.HI/c1-17(27(30)35-28(2,3)4)20(13-18-9-10-22(31-5)23(14-18)32-6)26-21-16-25(34-8)24(33-7)15-19(21)11-12-29-26;/h9-10,14-17,20,26,29H,11-13H2,1-8H3;1H/t17?,20?,26-;/m1./s1. The maximum Gasteiger partial charge on any atom is 0.309 e. The van der Waals surface area contributed by atoms with Crippen molar-refractivity contribution in [3.05, 3.63) is 47.0 Å². The Morgan fingerprint density at radius 2 is 1.53 bits per heavy atom. The summed E-state index contributed by atoms with van der Waals surface area (Å²) in [5, 5.41) is 3.67. The van der Waals surface area contributed by atoms with Gasteiger partial charge >= 0.3 is 5.97 Å². The highest BCUT2D eigenvalue weighted by molar-refractivity contribution is 14.0. The summed E-state index contributed by atoms with van der Waals surface area (Å²) in [6, 6.07) is 9.91. The van der Waals surface area contributed by atoms with Gasteiger partial charge in [-0.3, -0.25) is 4.79 Å². The predicted octanol–water partition coefficient (Wildman–Crippen LogP) is 5.36. The molecule has 1 heterocycles. The largest absolute Gasteiger partial charge is 0.493 e. The molecule has 2 aromatic carbocycles. The Bertz CT molecular complexity index is 1040. The monoisotopic (exact) mass is 613 g/mol. The third-order valence-electron chi connectivity index (χ3n) is 6.51. The molecule has 0 saturated heterocycles. The highest BCUT2D eigenvalue weighted by atomic mass is 127. The Kier molecular flexibility index (Phi) is 10.7. The summed E-state index contributed by atoms with van der Waals surface area (Å²) in [7, 11) is 6.53. The van der Waals surface area contributed by atoms with E-state index in [4.69, 9.17) is 23.7 Å². The molecule has 0 aliphatic carbocycles. The minimum Gasteiger partial charge on any atom is -0.493 e. The summed E-state index contributed by atoms with van der Waals surface area (Å²) < 4.78 is 27.9. The van der Waals surface area contributed by atoms with Crippen molar-refractivity contribution in [1.82, 2.24) is 5.32 Å². The van der Waals surface area contributed by atoms with Crippen LogP contribution in [0.1, 0.15) is 50.4 Å². The Labute approximate surface area is 232 Å². The van der Waals surface area contributed by atoms with Gasteiger partial charge in [-0.15, -0.1) is 24.0 Å². The molecular formula is C28H40INO6. The molecule has 0 bridgehead atoms. The zero-order chi connectivity index (χ0) is 25.8. The highest BCUT2D eigenvalue weighted by Gasteiger charge is 2.37. The van der Waals surface area contributed by atoms with Crippen LogP contribution in [0.2, 0.25) is 0 Å². The van der Waals surface area contributed by atoms with Crippen molar-refractivity contribution >= 4 is 29.9 Å². The van der Waals surface area contributed by atoms with Crippen molar-refractivity contribution in [2.75, 3.05) is 35.0 Å². The molecule has 3 atom stereocenters. The molecule has 2 aromatic rings. The fourth-order valence-corrected chi connectivity index (χ4v) is 4.73. The van der Waals surface area contributed by atoms with E-state index in [1.165, 1.54) is 5.56 Å². The van der Waals surface area contributed by atoms with Crippen LogP contribution in [0.15, 0.2) is 30.3 Å². The van der Waals surface area contributed by atoms with Crippen molar-refractivity contribution < 1.29 is 28.5 Å². The van der Waals surface area contributed by atoms with Gasteiger partial charge in [-0.2, -0.15) is 0 Å². The van der Waals surface area contributed by atoms with E-state index in [0.29, 0.717) is 29.4 Å². The van der Waals surface area contributed by atoms with Crippen molar-refractivity contribution in [2.24, 2.45) is 11.8 Å². The summed E-state index contributed by atoms with van der Waals surface area (Å²) in [6.45, 7) is 8.44. The van der Waals surface area contributed by atoms with Crippen LogP contribution in [0.25, 0.3) is 0 Å². The van der Waals surface area contributed by atoms with E-state index in [-0.39, 0.29) is 47.8 Å². The number of hydrogen-bond donors (Lipinski definition) is 1. The maximum atomic E-state index is 13.3. The molecule has 0 aromatic heterocycles. The van der Waals surface area contributed by atoms with E-state index in [2.05, 4.69) is 5.32 Å².